The second-order valence-corrected chi connectivity index (χ2v) is 7.03. The third-order valence-corrected chi connectivity index (χ3v) is 5.41. The minimum Gasteiger partial charge on any atom is -0.369 e. The molecule has 2 aromatic rings. The zero-order valence-electron chi connectivity index (χ0n) is 14.2. The molecule has 0 bridgehead atoms. The number of benzene rings is 1. The molecule has 0 N–H and O–H groups in total. The molecular formula is C20H27N3. The molecular weight excluding hydrogens is 282 g/mol. The number of aromatic nitrogens is 1. The summed E-state index contributed by atoms with van der Waals surface area (Å²) in [6.07, 6.45) is 6.30. The van der Waals surface area contributed by atoms with Gasteiger partial charge in [0.05, 0.1) is 5.52 Å². The van der Waals surface area contributed by atoms with E-state index in [1.165, 1.54) is 62.2 Å². The summed E-state index contributed by atoms with van der Waals surface area (Å²) < 4.78 is 0. The Balaban J connectivity index is 1.64. The Morgan fingerprint density at radius 1 is 1.13 bits per heavy atom. The number of para-hydroxylation sites is 1. The molecule has 2 aliphatic heterocycles. The first-order chi connectivity index (χ1) is 11.3. The molecule has 2 aliphatic rings. The van der Waals surface area contributed by atoms with Crippen LogP contribution in [0.4, 0.5) is 5.69 Å². The minimum absolute atomic E-state index is 0.749. The van der Waals surface area contributed by atoms with Gasteiger partial charge in [0.1, 0.15) is 0 Å². The van der Waals surface area contributed by atoms with Gasteiger partial charge in [0.25, 0.3) is 0 Å². The number of hydrogen-bond acceptors (Lipinski definition) is 3. The van der Waals surface area contributed by atoms with Crippen molar-refractivity contribution in [1.29, 1.82) is 0 Å². The monoisotopic (exact) mass is 309 g/mol. The maximum Gasteiger partial charge on any atom is 0.0726 e. The molecule has 122 valence electrons. The Bertz CT molecular complexity index is 676. The smallest absolute Gasteiger partial charge is 0.0726 e. The first-order valence-corrected chi connectivity index (χ1v) is 9.23. The van der Waals surface area contributed by atoms with Crippen LogP contribution in [0.25, 0.3) is 10.9 Å². The Kier molecular flexibility index (Phi) is 4.21. The SMILES string of the molecule is CCCc1cc(N2CCC(N3CCCC3)C2)c2ccccc2n1. The molecule has 0 amide bonds. The van der Waals surface area contributed by atoms with Crippen molar-refractivity contribution in [2.24, 2.45) is 0 Å². The highest BCUT2D eigenvalue weighted by Crippen LogP contribution is 2.31. The highest BCUT2D eigenvalue weighted by Gasteiger charge is 2.30. The Morgan fingerprint density at radius 3 is 2.78 bits per heavy atom. The number of likely N-dealkylation sites (tertiary alicyclic amines) is 1. The molecule has 2 fully saturated rings. The molecule has 2 saturated heterocycles. The van der Waals surface area contributed by atoms with Gasteiger partial charge in [0.15, 0.2) is 0 Å². The van der Waals surface area contributed by atoms with Crippen LogP contribution in [0.1, 0.15) is 38.3 Å². The minimum atomic E-state index is 0.749. The van der Waals surface area contributed by atoms with Gasteiger partial charge < -0.3 is 4.90 Å². The van der Waals surface area contributed by atoms with E-state index in [1.54, 1.807) is 0 Å². The Labute approximate surface area is 139 Å². The molecule has 3 nitrogen and oxygen atoms in total. The zero-order valence-corrected chi connectivity index (χ0v) is 14.2. The predicted octanol–water partition coefficient (Wildman–Crippen LogP) is 3.86. The normalized spacial score (nSPS) is 22.3. The second-order valence-electron chi connectivity index (χ2n) is 7.03. The van der Waals surface area contributed by atoms with Gasteiger partial charge in [-0.1, -0.05) is 31.5 Å². The lowest BCUT2D eigenvalue weighted by atomic mass is 10.1. The summed E-state index contributed by atoms with van der Waals surface area (Å²) in [5.41, 5.74) is 3.80. The van der Waals surface area contributed by atoms with Crippen molar-refractivity contribution in [1.82, 2.24) is 9.88 Å². The average Bonchev–Trinajstić information content (AvgIpc) is 3.25. The van der Waals surface area contributed by atoms with E-state index < -0.39 is 0 Å². The van der Waals surface area contributed by atoms with Crippen LogP contribution in [0.5, 0.6) is 0 Å². The van der Waals surface area contributed by atoms with Gasteiger partial charge in [-0.25, -0.2) is 0 Å². The lowest BCUT2D eigenvalue weighted by Crippen LogP contribution is -2.35. The van der Waals surface area contributed by atoms with E-state index >= 15 is 0 Å². The fraction of sp³-hybridized carbons (Fsp3) is 0.550. The summed E-state index contributed by atoms with van der Waals surface area (Å²) in [5.74, 6) is 0. The van der Waals surface area contributed by atoms with Crippen molar-refractivity contribution < 1.29 is 0 Å². The lowest BCUT2D eigenvalue weighted by Gasteiger charge is -2.25. The highest BCUT2D eigenvalue weighted by molar-refractivity contribution is 5.92. The summed E-state index contributed by atoms with van der Waals surface area (Å²) in [7, 11) is 0. The second kappa shape index (κ2) is 6.48. The van der Waals surface area contributed by atoms with Crippen molar-refractivity contribution in [3.8, 4) is 0 Å². The standard InChI is InChI=1S/C20H27N3/c1-2-7-16-14-20(18-8-3-4-9-19(18)21-16)23-13-10-17(15-23)22-11-5-6-12-22/h3-4,8-9,14,17H,2,5-7,10-13,15H2,1H3. The van der Waals surface area contributed by atoms with E-state index in [1.807, 2.05) is 0 Å². The lowest BCUT2D eigenvalue weighted by molar-refractivity contribution is 0.260. The Hall–Kier alpha value is -1.61. The Morgan fingerprint density at radius 2 is 1.96 bits per heavy atom. The summed E-state index contributed by atoms with van der Waals surface area (Å²) in [5, 5.41) is 1.31. The van der Waals surface area contributed by atoms with Crippen molar-refractivity contribution in [2.45, 2.75) is 45.1 Å². The van der Waals surface area contributed by atoms with Gasteiger partial charge >= 0.3 is 0 Å². The quantitative estimate of drug-likeness (QED) is 0.855. The number of anilines is 1. The molecule has 0 spiro atoms. The summed E-state index contributed by atoms with van der Waals surface area (Å²) in [4.78, 5) is 10.2. The molecule has 3 heteroatoms. The summed E-state index contributed by atoms with van der Waals surface area (Å²) >= 11 is 0. The predicted molar refractivity (Wildman–Crippen MR) is 97.2 cm³/mol. The van der Waals surface area contributed by atoms with Crippen molar-refractivity contribution in [3.05, 3.63) is 36.0 Å². The molecule has 0 radical (unpaired) electrons. The molecule has 1 aromatic heterocycles. The first kappa shape index (κ1) is 14.9. The van der Waals surface area contributed by atoms with Crippen LogP contribution in [0, 0.1) is 0 Å². The largest absolute Gasteiger partial charge is 0.369 e. The molecule has 23 heavy (non-hydrogen) atoms. The molecule has 1 atom stereocenters. The van der Waals surface area contributed by atoms with Gasteiger partial charge in [0, 0.05) is 35.9 Å². The van der Waals surface area contributed by atoms with Crippen LogP contribution in [0.15, 0.2) is 30.3 Å². The number of fused-ring (bicyclic) bond motifs is 1. The molecule has 1 unspecified atom stereocenters. The number of hydrogen-bond donors (Lipinski definition) is 0. The number of aryl methyl sites for hydroxylation is 1. The molecule has 3 heterocycles. The van der Waals surface area contributed by atoms with Gasteiger partial charge in [-0.05, 0) is 50.9 Å². The van der Waals surface area contributed by atoms with Gasteiger partial charge in [0.2, 0.25) is 0 Å². The van der Waals surface area contributed by atoms with Gasteiger partial charge in [-0.3, -0.25) is 9.88 Å². The van der Waals surface area contributed by atoms with E-state index in [9.17, 15) is 0 Å². The van der Waals surface area contributed by atoms with Crippen LogP contribution < -0.4 is 4.90 Å². The number of rotatable bonds is 4. The van der Waals surface area contributed by atoms with E-state index in [4.69, 9.17) is 4.98 Å². The third kappa shape index (κ3) is 2.94. The highest BCUT2D eigenvalue weighted by atomic mass is 15.3. The fourth-order valence-corrected chi connectivity index (χ4v) is 4.22. The van der Waals surface area contributed by atoms with Gasteiger partial charge in [-0.2, -0.15) is 0 Å². The van der Waals surface area contributed by atoms with E-state index in [-0.39, 0.29) is 0 Å². The van der Waals surface area contributed by atoms with Crippen LogP contribution in [-0.4, -0.2) is 42.1 Å². The fourth-order valence-electron chi connectivity index (χ4n) is 4.22. The average molecular weight is 309 g/mol. The van der Waals surface area contributed by atoms with Crippen molar-refractivity contribution in [2.75, 3.05) is 31.1 Å². The molecule has 0 saturated carbocycles. The number of nitrogens with zero attached hydrogens (tertiary/aromatic N) is 3. The maximum absolute atomic E-state index is 4.86. The zero-order chi connectivity index (χ0) is 15.6. The van der Waals surface area contributed by atoms with Crippen LogP contribution in [0.3, 0.4) is 0 Å². The molecule has 0 aliphatic carbocycles. The van der Waals surface area contributed by atoms with Crippen LogP contribution in [0.2, 0.25) is 0 Å². The van der Waals surface area contributed by atoms with Crippen LogP contribution in [-0.2, 0) is 6.42 Å². The van der Waals surface area contributed by atoms with E-state index in [2.05, 4.69) is 47.1 Å². The molecule has 1 aromatic carbocycles. The summed E-state index contributed by atoms with van der Waals surface area (Å²) in [6.45, 7) is 7.20. The van der Waals surface area contributed by atoms with Crippen LogP contribution >= 0.6 is 0 Å². The topological polar surface area (TPSA) is 19.4 Å². The third-order valence-electron chi connectivity index (χ3n) is 5.41. The maximum atomic E-state index is 4.86. The van der Waals surface area contributed by atoms with Gasteiger partial charge in [-0.15, -0.1) is 0 Å². The first-order valence-electron chi connectivity index (χ1n) is 9.23. The van der Waals surface area contributed by atoms with Crippen molar-refractivity contribution >= 4 is 16.6 Å². The van der Waals surface area contributed by atoms with Crippen molar-refractivity contribution in [3.63, 3.8) is 0 Å². The van der Waals surface area contributed by atoms with E-state index in [0.717, 1.165) is 24.4 Å². The summed E-state index contributed by atoms with van der Waals surface area (Å²) in [6, 6.07) is 11.7. The van der Waals surface area contributed by atoms with E-state index in [0.29, 0.717) is 0 Å². The number of pyridine rings is 1. The molecule has 4 rings (SSSR count).